The van der Waals surface area contributed by atoms with Crippen molar-refractivity contribution in [2.75, 3.05) is 0 Å². The number of hydrogen-bond acceptors (Lipinski definition) is 4. The van der Waals surface area contributed by atoms with Crippen molar-refractivity contribution in [3.8, 4) is 22.5 Å². The molecule has 0 bridgehead atoms. The maximum atomic E-state index is 4.15. The van der Waals surface area contributed by atoms with Gasteiger partial charge in [-0.1, -0.05) is 18.2 Å². The first-order valence-electron chi connectivity index (χ1n) is 5.56. The van der Waals surface area contributed by atoms with Crippen molar-refractivity contribution in [2.24, 2.45) is 0 Å². The van der Waals surface area contributed by atoms with E-state index in [1.807, 2.05) is 24.3 Å². The highest BCUT2D eigenvalue weighted by molar-refractivity contribution is 5.69. The first-order valence-corrected chi connectivity index (χ1v) is 5.56. The van der Waals surface area contributed by atoms with Gasteiger partial charge in [0.15, 0.2) is 5.82 Å². The molecule has 0 fully saturated rings. The fraction of sp³-hybridized carbons (Fsp3) is 0. The molecule has 0 saturated heterocycles. The van der Waals surface area contributed by atoms with Crippen LogP contribution in [0.25, 0.3) is 22.5 Å². The van der Waals surface area contributed by atoms with Gasteiger partial charge < -0.3 is 0 Å². The summed E-state index contributed by atoms with van der Waals surface area (Å²) in [6, 6.07) is 12.1. The van der Waals surface area contributed by atoms with E-state index in [1.54, 1.807) is 12.4 Å². The molecule has 0 aliphatic heterocycles. The monoisotopic (exact) mass is 234 g/mol. The topological polar surface area (TPSA) is 51.6 Å². The minimum atomic E-state index is 0.681. The SMILES string of the molecule is c1cc(-c2ccncc2)cc(-c2ncncn2)c1. The largest absolute Gasteiger partial charge is 0.265 e. The summed E-state index contributed by atoms with van der Waals surface area (Å²) in [6.45, 7) is 0. The predicted molar refractivity (Wildman–Crippen MR) is 68.5 cm³/mol. The molecule has 18 heavy (non-hydrogen) atoms. The molecule has 0 aliphatic rings. The summed E-state index contributed by atoms with van der Waals surface area (Å²) in [4.78, 5) is 16.1. The van der Waals surface area contributed by atoms with Crippen LogP contribution >= 0.6 is 0 Å². The van der Waals surface area contributed by atoms with Gasteiger partial charge in [-0.3, -0.25) is 4.98 Å². The molecule has 3 rings (SSSR count). The Morgan fingerprint density at radius 1 is 0.667 bits per heavy atom. The number of pyridine rings is 1. The molecule has 2 heterocycles. The van der Waals surface area contributed by atoms with E-state index >= 15 is 0 Å². The zero-order valence-electron chi connectivity index (χ0n) is 9.56. The Labute approximate surface area is 104 Å². The third-order valence-electron chi connectivity index (χ3n) is 2.63. The van der Waals surface area contributed by atoms with E-state index in [-0.39, 0.29) is 0 Å². The fourth-order valence-electron chi connectivity index (χ4n) is 1.77. The summed E-state index contributed by atoms with van der Waals surface area (Å²) in [6.07, 6.45) is 6.57. The second-order valence-electron chi connectivity index (χ2n) is 3.78. The molecule has 4 heteroatoms. The van der Waals surface area contributed by atoms with Crippen LogP contribution in [0.2, 0.25) is 0 Å². The third-order valence-corrected chi connectivity index (χ3v) is 2.63. The second-order valence-corrected chi connectivity index (χ2v) is 3.78. The first kappa shape index (κ1) is 10.5. The van der Waals surface area contributed by atoms with Crippen LogP contribution in [-0.2, 0) is 0 Å². The van der Waals surface area contributed by atoms with Crippen molar-refractivity contribution in [3.05, 3.63) is 61.4 Å². The van der Waals surface area contributed by atoms with Gasteiger partial charge in [0.1, 0.15) is 12.7 Å². The summed E-state index contributed by atoms with van der Waals surface area (Å²) < 4.78 is 0. The number of nitrogens with zero attached hydrogens (tertiary/aromatic N) is 4. The Hall–Kier alpha value is -2.62. The molecule has 86 valence electrons. The summed E-state index contributed by atoms with van der Waals surface area (Å²) in [5.74, 6) is 0.681. The summed E-state index contributed by atoms with van der Waals surface area (Å²) in [7, 11) is 0. The molecule has 2 aromatic heterocycles. The van der Waals surface area contributed by atoms with E-state index in [0.717, 1.165) is 16.7 Å². The van der Waals surface area contributed by atoms with E-state index in [2.05, 4.69) is 32.1 Å². The zero-order valence-corrected chi connectivity index (χ0v) is 9.56. The first-order chi connectivity index (χ1) is 8.93. The van der Waals surface area contributed by atoms with Gasteiger partial charge >= 0.3 is 0 Å². The summed E-state index contributed by atoms with van der Waals surface area (Å²) >= 11 is 0. The van der Waals surface area contributed by atoms with Gasteiger partial charge in [0.25, 0.3) is 0 Å². The predicted octanol–water partition coefficient (Wildman–Crippen LogP) is 2.60. The molecule has 0 spiro atoms. The van der Waals surface area contributed by atoms with E-state index in [0.29, 0.717) is 5.82 Å². The lowest BCUT2D eigenvalue weighted by atomic mass is 10.0. The summed E-state index contributed by atoms with van der Waals surface area (Å²) in [5.41, 5.74) is 3.22. The average molecular weight is 234 g/mol. The Morgan fingerprint density at radius 3 is 2.17 bits per heavy atom. The molecule has 1 aromatic carbocycles. The number of hydrogen-bond donors (Lipinski definition) is 0. The van der Waals surface area contributed by atoms with Crippen molar-refractivity contribution in [3.63, 3.8) is 0 Å². The van der Waals surface area contributed by atoms with Crippen molar-refractivity contribution in [2.45, 2.75) is 0 Å². The minimum absolute atomic E-state index is 0.681. The minimum Gasteiger partial charge on any atom is -0.265 e. The van der Waals surface area contributed by atoms with Gasteiger partial charge in [0.2, 0.25) is 0 Å². The normalized spacial score (nSPS) is 10.2. The molecule has 0 N–H and O–H groups in total. The van der Waals surface area contributed by atoms with Crippen LogP contribution < -0.4 is 0 Å². The highest BCUT2D eigenvalue weighted by Crippen LogP contribution is 2.23. The van der Waals surface area contributed by atoms with Gasteiger partial charge in [-0.25, -0.2) is 15.0 Å². The van der Waals surface area contributed by atoms with E-state index < -0.39 is 0 Å². The van der Waals surface area contributed by atoms with Gasteiger partial charge in [0, 0.05) is 18.0 Å². The molecular formula is C14H10N4. The molecule has 0 amide bonds. The van der Waals surface area contributed by atoms with Crippen LogP contribution in [0.5, 0.6) is 0 Å². The lowest BCUT2D eigenvalue weighted by Gasteiger charge is -2.04. The molecule has 0 atom stereocenters. The van der Waals surface area contributed by atoms with Crippen LogP contribution in [0.1, 0.15) is 0 Å². The lowest BCUT2D eigenvalue weighted by molar-refractivity contribution is 1.06. The van der Waals surface area contributed by atoms with Crippen molar-refractivity contribution < 1.29 is 0 Å². The van der Waals surface area contributed by atoms with Crippen LogP contribution in [0, 0.1) is 0 Å². The van der Waals surface area contributed by atoms with E-state index in [9.17, 15) is 0 Å². The van der Waals surface area contributed by atoms with Crippen molar-refractivity contribution >= 4 is 0 Å². The van der Waals surface area contributed by atoms with Crippen LogP contribution in [0.15, 0.2) is 61.4 Å². The third kappa shape index (κ3) is 2.08. The second kappa shape index (κ2) is 4.71. The average Bonchev–Trinajstić information content (AvgIpc) is 2.49. The highest BCUT2D eigenvalue weighted by Gasteiger charge is 2.02. The summed E-state index contributed by atoms with van der Waals surface area (Å²) in [5, 5.41) is 0. The smallest absolute Gasteiger partial charge is 0.162 e. The van der Waals surface area contributed by atoms with Crippen LogP contribution in [0.3, 0.4) is 0 Å². The highest BCUT2D eigenvalue weighted by atomic mass is 15.0. The molecule has 0 radical (unpaired) electrons. The molecule has 0 aliphatic carbocycles. The Bertz CT molecular complexity index is 583. The molecule has 0 unspecified atom stereocenters. The number of aromatic nitrogens is 4. The van der Waals surface area contributed by atoms with Gasteiger partial charge in [-0.2, -0.15) is 0 Å². The fourth-order valence-corrected chi connectivity index (χ4v) is 1.77. The Morgan fingerprint density at radius 2 is 1.39 bits per heavy atom. The maximum Gasteiger partial charge on any atom is 0.162 e. The lowest BCUT2D eigenvalue weighted by Crippen LogP contribution is -1.89. The molecular weight excluding hydrogens is 224 g/mol. The van der Waals surface area contributed by atoms with Crippen molar-refractivity contribution in [1.82, 2.24) is 19.9 Å². The Balaban J connectivity index is 2.05. The van der Waals surface area contributed by atoms with Crippen molar-refractivity contribution in [1.29, 1.82) is 0 Å². The quantitative estimate of drug-likeness (QED) is 0.684. The maximum absolute atomic E-state index is 4.15. The van der Waals surface area contributed by atoms with E-state index in [4.69, 9.17) is 0 Å². The van der Waals surface area contributed by atoms with Crippen LogP contribution in [-0.4, -0.2) is 19.9 Å². The van der Waals surface area contributed by atoms with E-state index in [1.165, 1.54) is 12.7 Å². The standard InChI is InChI=1S/C14H10N4/c1-2-12(11-4-6-15-7-5-11)8-13(3-1)14-17-9-16-10-18-14/h1-10H. The number of rotatable bonds is 2. The molecule has 4 nitrogen and oxygen atoms in total. The van der Waals surface area contributed by atoms with Crippen LogP contribution in [0.4, 0.5) is 0 Å². The van der Waals surface area contributed by atoms with Gasteiger partial charge in [0.05, 0.1) is 0 Å². The van der Waals surface area contributed by atoms with Gasteiger partial charge in [-0.15, -0.1) is 0 Å². The molecule has 0 saturated carbocycles. The Kier molecular flexibility index (Phi) is 2.75. The number of benzene rings is 1. The van der Waals surface area contributed by atoms with Gasteiger partial charge in [-0.05, 0) is 29.3 Å². The molecule has 3 aromatic rings. The zero-order chi connectivity index (χ0) is 12.2.